The molecule has 0 aromatic carbocycles. The molecule has 0 fully saturated rings. The number of amides is 1. The summed E-state index contributed by atoms with van der Waals surface area (Å²) >= 11 is 0. The van der Waals surface area contributed by atoms with Gasteiger partial charge in [-0.2, -0.15) is 15.4 Å². The van der Waals surface area contributed by atoms with E-state index in [2.05, 4.69) is 39.6 Å². The Morgan fingerprint density at radius 2 is 2.22 bits per heavy atom. The van der Waals surface area contributed by atoms with Gasteiger partial charge in [0.05, 0.1) is 5.69 Å². The Morgan fingerprint density at radius 3 is 2.83 bits per heavy atom. The van der Waals surface area contributed by atoms with Crippen LogP contribution in [0.25, 0.3) is 11.3 Å². The van der Waals surface area contributed by atoms with Crippen molar-refractivity contribution in [2.24, 2.45) is 5.92 Å². The van der Waals surface area contributed by atoms with Gasteiger partial charge in [-0.05, 0) is 18.9 Å². The molecule has 2 rings (SSSR count). The van der Waals surface area contributed by atoms with Gasteiger partial charge in [-0.15, -0.1) is 0 Å². The van der Waals surface area contributed by atoms with Crippen molar-refractivity contribution in [3.8, 4) is 11.3 Å². The standard InChI is InChI=1S/C12H17N5O/c1-7(2)5-14-12(18)10-4-9(6-13-10)11-8(3)15-17-16-11/h4,6-7,13H,5H2,1-3H3,(H,14,18)(H,15,16,17). The zero-order valence-electron chi connectivity index (χ0n) is 10.7. The summed E-state index contributed by atoms with van der Waals surface area (Å²) in [7, 11) is 0. The first-order chi connectivity index (χ1) is 8.58. The van der Waals surface area contributed by atoms with E-state index in [9.17, 15) is 4.79 Å². The number of aromatic amines is 2. The molecule has 0 radical (unpaired) electrons. The van der Waals surface area contributed by atoms with Gasteiger partial charge in [0.2, 0.25) is 0 Å². The summed E-state index contributed by atoms with van der Waals surface area (Å²) in [6.07, 6.45) is 1.76. The van der Waals surface area contributed by atoms with Crippen LogP contribution >= 0.6 is 0 Å². The van der Waals surface area contributed by atoms with E-state index in [1.54, 1.807) is 12.3 Å². The maximum absolute atomic E-state index is 11.8. The molecule has 0 saturated heterocycles. The Hall–Kier alpha value is -2.11. The average molecular weight is 247 g/mol. The van der Waals surface area contributed by atoms with E-state index >= 15 is 0 Å². The number of carbonyl (C=O) groups excluding carboxylic acids is 1. The van der Waals surface area contributed by atoms with Crippen molar-refractivity contribution in [3.63, 3.8) is 0 Å². The highest BCUT2D eigenvalue weighted by atomic mass is 16.1. The Bertz CT molecular complexity index is 540. The van der Waals surface area contributed by atoms with Crippen molar-refractivity contribution in [1.29, 1.82) is 0 Å². The van der Waals surface area contributed by atoms with Crippen LogP contribution < -0.4 is 5.32 Å². The van der Waals surface area contributed by atoms with Gasteiger partial charge in [-0.3, -0.25) is 4.79 Å². The van der Waals surface area contributed by atoms with E-state index in [1.165, 1.54) is 0 Å². The molecule has 0 saturated carbocycles. The molecule has 18 heavy (non-hydrogen) atoms. The second-order valence-corrected chi connectivity index (χ2v) is 4.66. The van der Waals surface area contributed by atoms with Crippen LogP contribution in [0.2, 0.25) is 0 Å². The van der Waals surface area contributed by atoms with Gasteiger partial charge in [0.25, 0.3) is 5.91 Å². The molecule has 2 heterocycles. The van der Waals surface area contributed by atoms with Crippen LogP contribution in [0.1, 0.15) is 30.0 Å². The summed E-state index contributed by atoms with van der Waals surface area (Å²) in [5, 5.41) is 13.4. The lowest BCUT2D eigenvalue weighted by Gasteiger charge is -2.05. The minimum atomic E-state index is -0.101. The van der Waals surface area contributed by atoms with E-state index in [4.69, 9.17) is 0 Å². The fourth-order valence-corrected chi connectivity index (χ4v) is 1.61. The molecule has 2 aromatic rings. The van der Waals surface area contributed by atoms with Crippen LogP contribution in [0.4, 0.5) is 0 Å². The molecule has 0 atom stereocenters. The Balaban J connectivity index is 2.11. The van der Waals surface area contributed by atoms with Crippen molar-refractivity contribution in [1.82, 2.24) is 25.7 Å². The molecule has 96 valence electrons. The van der Waals surface area contributed by atoms with E-state index in [0.29, 0.717) is 18.2 Å². The zero-order valence-corrected chi connectivity index (χ0v) is 10.7. The van der Waals surface area contributed by atoms with E-state index < -0.39 is 0 Å². The number of hydrogen-bond donors (Lipinski definition) is 3. The first kappa shape index (κ1) is 12.3. The number of nitrogens with one attached hydrogen (secondary N) is 3. The lowest BCUT2D eigenvalue weighted by atomic mass is 10.2. The van der Waals surface area contributed by atoms with E-state index in [-0.39, 0.29) is 5.91 Å². The molecule has 2 aromatic heterocycles. The van der Waals surface area contributed by atoms with Crippen molar-refractivity contribution in [2.75, 3.05) is 6.54 Å². The number of H-pyrrole nitrogens is 2. The monoisotopic (exact) mass is 247 g/mol. The first-order valence-corrected chi connectivity index (χ1v) is 5.92. The predicted molar refractivity (Wildman–Crippen MR) is 68.1 cm³/mol. The lowest BCUT2D eigenvalue weighted by molar-refractivity contribution is 0.0944. The van der Waals surface area contributed by atoms with Gasteiger partial charge in [0, 0.05) is 18.3 Å². The Labute approximate surface area is 105 Å². The second-order valence-electron chi connectivity index (χ2n) is 4.66. The largest absolute Gasteiger partial charge is 0.357 e. The second kappa shape index (κ2) is 5.03. The maximum atomic E-state index is 11.8. The van der Waals surface area contributed by atoms with Gasteiger partial charge in [0.15, 0.2) is 0 Å². The lowest BCUT2D eigenvalue weighted by Crippen LogP contribution is -2.27. The highest BCUT2D eigenvalue weighted by molar-refractivity contribution is 5.93. The molecular formula is C12H17N5O. The summed E-state index contributed by atoms with van der Waals surface area (Å²) in [6.45, 7) is 6.64. The molecule has 6 heteroatoms. The van der Waals surface area contributed by atoms with Crippen molar-refractivity contribution in [3.05, 3.63) is 23.7 Å². The third-order valence-corrected chi connectivity index (χ3v) is 2.59. The van der Waals surface area contributed by atoms with Crippen LogP contribution in [0, 0.1) is 12.8 Å². The summed E-state index contributed by atoms with van der Waals surface area (Å²) in [6, 6.07) is 1.78. The Morgan fingerprint density at radius 1 is 1.44 bits per heavy atom. The van der Waals surface area contributed by atoms with Crippen molar-refractivity contribution >= 4 is 5.91 Å². The summed E-state index contributed by atoms with van der Waals surface area (Å²) in [5.41, 5.74) is 2.96. The molecule has 0 aliphatic heterocycles. The van der Waals surface area contributed by atoms with E-state index in [1.807, 2.05) is 6.92 Å². The summed E-state index contributed by atoms with van der Waals surface area (Å²) in [4.78, 5) is 14.8. The van der Waals surface area contributed by atoms with Crippen LogP contribution in [0.3, 0.4) is 0 Å². The van der Waals surface area contributed by atoms with Crippen LogP contribution in [0.5, 0.6) is 0 Å². The number of aryl methyl sites for hydroxylation is 1. The number of rotatable bonds is 4. The predicted octanol–water partition coefficient (Wildman–Crippen LogP) is 1.49. The van der Waals surface area contributed by atoms with Crippen molar-refractivity contribution < 1.29 is 4.79 Å². The normalized spacial score (nSPS) is 10.9. The van der Waals surface area contributed by atoms with Gasteiger partial charge in [0.1, 0.15) is 11.4 Å². The van der Waals surface area contributed by atoms with Gasteiger partial charge in [-0.1, -0.05) is 13.8 Å². The smallest absolute Gasteiger partial charge is 0.267 e. The molecule has 3 N–H and O–H groups in total. The Kier molecular flexibility index (Phi) is 3.45. The molecule has 0 aliphatic rings. The van der Waals surface area contributed by atoms with Gasteiger partial charge in [-0.25, -0.2) is 0 Å². The first-order valence-electron chi connectivity index (χ1n) is 5.92. The maximum Gasteiger partial charge on any atom is 0.267 e. The summed E-state index contributed by atoms with van der Waals surface area (Å²) < 4.78 is 0. The fourth-order valence-electron chi connectivity index (χ4n) is 1.61. The van der Waals surface area contributed by atoms with Gasteiger partial charge >= 0.3 is 0 Å². The summed E-state index contributed by atoms with van der Waals surface area (Å²) in [5.74, 6) is 0.331. The number of nitrogens with zero attached hydrogens (tertiary/aromatic N) is 2. The SMILES string of the molecule is Cc1n[nH]nc1-c1c[nH]c(C(=O)NCC(C)C)c1. The molecule has 0 aliphatic carbocycles. The average Bonchev–Trinajstić information content (AvgIpc) is 2.93. The fraction of sp³-hybridized carbons (Fsp3) is 0.417. The number of hydrogen-bond acceptors (Lipinski definition) is 3. The van der Waals surface area contributed by atoms with Crippen LogP contribution in [0.15, 0.2) is 12.3 Å². The third-order valence-electron chi connectivity index (χ3n) is 2.59. The van der Waals surface area contributed by atoms with Gasteiger partial charge < -0.3 is 10.3 Å². The zero-order chi connectivity index (χ0) is 13.1. The van der Waals surface area contributed by atoms with Crippen LogP contribution in [-0.2, 0) is 0 Å². The topological polar surface area (TPSA) is 86.5 Å². The minimum Gasteiger partial charge on any atom is -0.357 e. The quantitative estimate of drug-likeness (QED) is 0.765. The molecule has 0 unspecified atom stereocenters. The number of aromatic nitrogens is 4. The minimum absolute atomic E-state index is 0.101. The van der Waals surface area contributed by atoms with Crippen molar-refractivity contribution in [2.45, 2.75) is 20.8 Å². The van der Waals surface area contributed by atoms with E-state index in [0.717, 1.165) is 17.0 Å². The molecular weight excluding hydrogens is 230 g/mol. The highest BCUT2D eigenvalue weighted by Gasteiger charge is 2.12. The molecule has 0 spiro atoms. The molecule has 0 bridgehead atoms. The highest BCUT2D eigenvalue weighted by Crippen LogP contribution is 2.19. The molecule has 1 amide bonds. The number of carbonyl (C=O) groups is 1. The molecule has 6 nitrogen and oxygen atoms in total. The third kappa shape index (κ3) is 2.58. The van der Waals surface area contributed by atoms with Crippen LogP contribution in [-0.4, -0.2) is 32.8 Å².